The Hall–Kier alpha value is -2.07. The van der Waals surface area contributed by atoms with Gasteiger partial charge in [0.2, 0.25) is 5.95 Å². The number of aromatic amines is 1. The van der Waals surface area contributed by atoms with Crippen LogP contribution in [0.5, 0.6) is 0 Å². The van der Waals surface area contributed by atoms with Crippen LogP contribution >= 0.6 is 0 Å². The fourth-order valence-corrected chi connectivity index (χ4v) is 2.98. The van der Waals surface area contributed by atoms with Gasteiger partial charge >= 0.3 is 0 Å². The van der Waals surface area contributed by atoms with Crippen molar-refractivity contribution in [2.45, 2.75) is 25.3 Å². The van der Waals surface area contributed by atoms with Gasteiger partial charge in [0, 0.05) is 17.9 Å². The summed E-state index contributed by atoms with van der Waals surface area (Å²) in [5.74, 6) is 0.886. The molecule has 0 saturated carbocycles. The van der Waals surface area contributed by atoms with Gasteiger partial charge in [0.25, 0.3) is 0 Å². The highest BCUT2D eigenvalue weighted by Crippen LogP contribution is 2.30. The third-order valence-electron chi connectivity index (χ3n) is 3.96. The van der Waals surface area contributed by atoms with Gasteiger partial charge in [0.1, 0.15) is 0 Å². The van der Waals surface area contributed by atoms with E-state index in [1.807, 2.05) is 24.3 Å². The van der Waals surface area contributed by atoms with Crippen molar-refractivity contribution in [2.24, 2.45) is 5.73 Å². The first kappa shape index (κ1) is 10.8. The molecule has 0 aliphatic heterocycles. The molecule has 1 aromatic carbocycles. The standard InChI is InChI=1S/C15H16N4/c16-11-4-3-7-14-10(11)8-9-19(14)15-17-12-5-1-2-6-13(12)18-15/h1-2,5-6,8-9,11H,3-4,7,16H2,(H,17,18). The molecule has 0 fully saturated rings. The zero-order chi connectivity index (χ0) is 12.8. The third kappa shape index (κ3) is 1.60. The molecule has 1 aliphatic rings. The maximum atomic E-state index is 6.17. The van der Waals surface area contributed by atoms with Gasteiger partial charge in [-0.3, -0.25) is 4.57 Å². The van der Waals surface area contributed by atoms with Gasteiger partial charge in [0.05, 0.1) is 11.0 Å². The number of nitrogens with one attached hydrogen (secondary N) is 1. The lowest BCUT2D eigenvalue weighted by atomic mass is 9.94. The average Bonchev–Trinajstić information content (AvgIpc) is 3.02. The molecule has 3 aromatic rings. The van der Waals surface area contributed by atoms with Gasteiger partial charge in [-0.2, -0.15) is 0 Å². The van der Waals surface area contributed by atoms with Crippen molar-refractivity contribution in [3.05, 3.63) is 47.8 Å². The first-order valence-corrected chi connectivity index (χ1v) is 6.74. The van der Waals surface area contributed by atoms with E-state index in [0.29, 0.717) is 0 Å². The quantitative estimate of drug-likeness (QED) is 0.699. The minimum absolute atomic E-state index is 0.175. The molecule has 19 heavy (non-hydrogen) atoms. The number of fused-ring (bicyclic) bond motifs is 2. The summed E-state index contributed by atoms with van der Waals surface area (Å²) in [6.07, 6.45) is 5.39. The molecule has 2 aromatic heterocycles. The SMILES string of the molecule is NC1CCCc2c1ccn2-c1nc2ccccc2[nH]1. The van der Waals surface area contributed by atoms with Gasteiger partial charge in [-0.15, -0.1) is 0 Å². The molecule has 0 amide bonds. The number of benzene rings is 1. The molecule has 4 rings (SSSR count). The van der Waals surface area contributed by atoms with Crippen molar-refractivity contribution < 1.29 is 0 Å². The molecule has 4 heteroatoms. The van der Waals surface area contributed by atoms with Crippen molar-refractivity contribution in [3.63, 3.8) is 0 Å². The molecule has 0 saturated heterocycles. The molecule has 1 atom stereocenters. The van der Waals surface area contributed by atoms with Crippen LogP contribution in [0.4, 0.5) is 0 Å². The molecule has 0 bridgehead atoms. The number of hydrogen-bond donors (Lipinski definition) is 2. The predicted molar refractivity (Wildman–Crippen MR) is 75.3 cm³/mol. The monoisotopic (exact) mass is 252 g/mol. The normalized spacial score (nSPS) is 18.7. The first-order valence-electron chi connectivity index (χ1n) is 6.74. The lowest BCUT2D eigenvalue weighted by Crippen LogP contribution is -2.18. The van der Waals surface area contributed by atoms with E-state index in [9.17, 15) is 0 Å². The molecular formula is C15H16N4. The molecule has 0 radical (unpaired) electrons. The number of H-pyrrole nitrogens is 1. The Morgan fingerprint density at radius 3 is 3.05 bits per heavy atom. The maximum Gasteiger partial charge on any atom is 0.212 e. The number of aromatic nitrogens is 3. The number of para-hydroxylation sites is 2. The summed E-state index contributed by atoms with van der Waals surface area (Å²) in [6.45, 7) is 0. The van der Waals surface area contributed by atoms with Crippen LogP contribution in [-0.4, -0.2) is 14.5 Å². The van der Waals surface area contributed by atoms with Crippen LogP contribution in [0.2, 0.25) is 0 Å². The number of nitrogens with two attached hydrogens (primary N) is 1. The summed E-state index contributed by atoms with van der Waals surface area (Å²) in [5.41, 5.74) is 10.8. The van der Waals surface area contributed by atoms with Gasteiger partial charge in [-0.05, 0) is 43.0 Å². The molecule has 1 aliphatic carbocycles. The highest BCUT2D eigenvalue weighted by molar-refractivity contribution is 5.76. The second-order valence-corrected chi connectivity index (χ2v) is 5.16. The minimum atomic E-state index is 0.175. The minimum Gasteiger partial charge on any atom is -0.324 e. The van der Waals surface area contributed by atoms with Crippen molar-refractivity contribution >= 4 is 11.0 Å². The van der Waals surface area contributed by atoms with Crippen LogP contribution < -0.4 is 5.73 Å². The Kier molecular flexibility index (Phi) is 2.26. The highest BCUT2D eigenvalue weighted by Gasteiger charge is 2.21. The topological polar surface area (TPSA) is 59.6 Å². The van der Waals surface area contributed by atoms with Crippen LogP contribution in [0.1, 0.15) is 30.1 Å². The first-order chi connectivity index (χ1) is 9.33. The number of hydrogen-bond acceptors (Lipinski definition) is 2. The van der Waals surface area contributed by atoms with E-state index in [0.717, 1.165) is 36.2 Å². The zero-order valence-electron chi connectivity index (χ0n) is 10.6. The fourth-order valence-electron chi connectivity index (χ4n) is 2.98. The van der Waals surface area contributed by atoms with Crippen molar-refractivity contribution in [1.29, 1.82) is 0 Å². The van der Waals surface area contributed by atoms with E-state index in [-0.39, 0.29) is 6.04 Å². The van der Waals surface area contributed by atoms with E-state index in [2.05, 4.69) is 26.8 Å². The maximum absolute atomic E-state index is 6.17. The van der Waals surface area contributed by atoms with Gasteiger partial charge in [-0.1, -0.05) is 12.1 Å². The Balaban J connectivity index is 1.88. The van der Waals surface area contributed by atoms with Crippen LogP contribution in [0, 0.1) is 0 Å². The van der Waals surface area contributed by atoms with Gasteiger partial charge in [-0.25, -0.2) is 4.98 Å². The average molecular weight is 252 g/mol. The van der Waals surface area contributed by atoms with Gasteiger partial charge < -0.3 is 10.7 Å². The van der Waals surface area contributed by atoms with Crippen LogP contribution in [0.15, 0.2) is 36.5 Å². The lowest BCUT2D eigenvalue weighted by Gasteiger charge is -2.20. The zero-order valence-corrected chi connectivity index (χ0v) is 10.6. The third-order valence-corrected chi connectivity index (χ3v) is 3.96. The highest BCUT2D eigenvalue weighted by atomic mass is 15.2. The van der Waals surface area contributed by atoms with E-state index in [4.69, 9.17) is 5.73 Å². The summed E-state index contributed by atoms with van der Waals surface area (Å²) in [6, 6.07) is 10.4. The van der Waals surface area contributed by atoms with Crippen molar-refractivity contribution in [1.82, 2.24) is 14.5 Å². The van der Waals surface area contributed by atoms with E-state index < -0.39 is 0 Å². The summed E-state index contributed by atoms with van der Waals surface area (Å²) in [5, 5.41) is 0. The van der Waals surface area contributed by atoms with Crippen LogP contribution in [0.3, 0.4) is 0 Å². The Labute approximate surface area is 111 Å². The number of imidazole rings is 1. The Morgan fingerprint density at radius 1 is 1.26 bits per heavy atom. The van der Waals surface area contributed by atoms with Crippen LogP contribution in [-0.2, 0) is 6.42 Å². The molecule has 3 N–H and O–H groups in total. The van der Waals surface area contributed by atoms with Gasteiger partial charge in [0.15, 0.2) is 0 Å². The molecule has 1 unspecified atom stereocenters. The summed E-state index contributed by atoms with van der Waals surface area (Å²) in [4.78, 5) is 8.03. The second-order valence-electron chi connectivity index (χ2n) is 5.16. The van der Waals surface area contributed by atoms with E-state index >= 15 is 0 Å². The summed E-state index contributed by atoms with van der Waals surface area (Å²) in [7, 11) is 0. The number of rotatable bonds is 1. The van der Waals surface area contributed by atoms with E-state index in [1.165, 1.54) is 11.3 Å². The van der Waals surface area contributed by atoms with Crippen molar-refractivity contribution in [3.8, 4) is 5.95 Å². The molecule has 2 heterocycles. The predicted octanol–water partition coefficient (Wildman–Crippen LogP) is 2.69. The smallest absolute Gasteiger partial charge is 0.212 e. The molecule has 96 valence electrons. The summed E-state index contributed by atoms with van der Waals surface area (Å²) >= 11 is 0. The molecular weight excluding hydrogens is 236 g/mol. The van der Waals surface area contributed by atoms with E-state index in [1.54, 1.807) is 0 Å². The van der Waals surface area contributed by atoms with Crippen molar-refractivity contribution in [2.75, 3.05) is 0 Å². The number of nitrogens with zero attached hydrogens (tertiary/aromatic N) is 2. The molecule has 4 nitrogen and oxygen atoms in total. The summed E-state index contributed by atoms with van der Waals surface area (Å²) < 4.78 is 2.15. The lowest BCUT2D eigenvalue weighted by molar-refractivity contribution is 0.559. The fraction of sp³-hybridized carbons (Fsp3) is 0.267. The second kappa shape index (κ2) is 3.96. The Bertz CT molecular complexity index is 705. The largest absolute Gasteiger partial charge is 0.324 e. The Morgan fingerprint density at radius 2 is 2.16 bits per heavy atom. The van der Waals surface area contributed by atoms with Crippen LogP contribution in [0.25, 0.3) is 17.0 Å². The molecule has 0 spiro atoms.